The summed E-state index contributed by atoms with van der Waals surface area (Å²) in [6.07, 6.45) is 1.56. The number of likely N-dealkylation sites (tertiary alicyclic amines) is 1. The molecule has 0 unspecified atom stereocenters. The summed E-state index contributed by atoms with van der Waals surface area (Å²) in [6.45, 7) is 2.77. The lowest BCUT2D eigenvalue weighted by molar-refractivity contribution is -0.119. The number of guanidine groups is 1. The van der Waals surface area contributed by atoms with Gasteiger partial charge >= 0.3 is 0 Å². The van der Waals surface area contributed by atoms with E-state index in [2.05, 4.69) is 28.9 Å². The van der Waals surface area contributed by atoms with Crippen LogP contribution in [0.3, 0.4) is 0 Å². The number of nitrogens with two attached hydrogens (primary N) is 1. The van der Waals surface area contributed by atoms with Crippen molar-refractivity contribution in [3.05, 3.63) is 48.0 Å². The van der Waals surface area contributed by atoms with E-state index in [1.54, 1.807) is 4.90 Å². The summed E-state index contributed by atoms with van der Waals surface area (Å²) < 4.78 is 2.12. The Morgan fingerprint density at radius 2 is 2.03 bits per heavy atom. The Balaban J connectivity index is 1.58. The van der Waals surface area contributed by atoms with Crippen molar-refractivity contribution in [3.8, 4) is 11.4 Å². The topological polar surface area (TPSA) is 100 Å². The molecule has 0 saturated carbocycles. The first-order chi connectivity index (χ1) is 14.5. The molecule has 3 aliphatic rings. The lowest BCUT2D eigenvalue weighted by Crippen LogP contribution is -2.46. The fraction of sp³-hybridized carbons (Fsp3) is 0.261. The summed E-state index contributed by atoms with van der Waals surface area (Å²) in [5, 5.41) is 12.9. The summed E-state index contributed by atoms with van der Waals surface area (Å²) in [5.41, 5.74) is 10.7. The highest BCUT2D eigenvalue weighted by atomic mass is 16.2. The fourth-order valence-electron chi connectivity index (χ4n) is 4.70. The Morgan fingerprint density at radius 1 is 1.23 bits per heavy atom. The Hall–Kier alpha value is -3.61. The number of carbonyl (C=O) groups is 1. The first-order valence-corrected chi connectivity index (χ1v) is 10.1. The van der Waals surface area contributed by atoms with Gasteiger partial charge in [0.25, 0.3) is 0 Å². The molecule has 0 spiro atoms. The van der Waals surface area contributed by atoms with Crippen LogP contribution < -0.4 is 11.1 Å². The highest BCUT2D eigenvalue weighted by molar-refractivity contribution is 6.06. The maximum absolute atomic E-state index is 12.8. The minimum Gasteiger partial charge on any atom is -0.370 e. The van der Waals surface area contributed by atoms with Crippen LogP contribution in [-0.2, 0) is 11.8 Å². The second-order valence-corrected chi connectivity index (χ2v) is 7.97. The van der Waals surface area contributed by atoms with Gasteiger partial charge in [0.15, 0.2) is 5.96 Å². The molecule has 3 aliphatic heterocycles. The number of benzene rings is 2. The summed E-state index contributed by atoms with van der Waals surface area (Å²) in [7, 11) is 2.04. The van der Waals surface area contributed by atoms with E-state index in [-0.39, 0.29) is 11.9 Å². The molecule has 1 fully saturated rings. The van der Waals surface area contributed by atoms with Crippen LogP contribution >= 0.6 is 0 Å². The number of nitrogens with one attached hydrogen (secondary N) is 2. The highest BCUT2D eigenvalue weighted by Crippen LogP contribution is 2.38. The standard InChI is InChI=1S/C23H24N6O/c1-13-15-6-3-4-7-18(15)28(2)21-20(13)16-12-14(9-10-17(16)27-21)26-22(30)19-8-5-11-29(19)23(24)25/h3-4,6-7,9-10,12,19H,5,8,11H2,1-2H3,(H3,24,25)(H,26,30)/t19-/m0/s1. The van der Waals surface area contributed by atoms with E-state index in [1.165, 1.54) is 10.9 Å². The minimum absolute atomic E-state index is 0.0515. The molecule has 0 bridgehead atoms. The van der Waals surface area contributed by atoms with Crippen molar-refractivity contribution in [1.82, 2.24) is 14.5 Å². The molecular formula is C23H24N6O. The molecule has 0 aromatic heterocycles. The number of aryl methyl sites for hydroxylation is 2. The number of hydrogen-bond acceptors (Lipinski definition) is 3. The van der Waals surface area contributed by atoms with Gasteiger partial charge < -0.3 is 20.5 Å². The Kier molecular flexibility index (Phi) is 4.13. The fourth-order valence-corrected chi connectivity index (χ4v) is 4.70. The summed E-state index contributed by atoms with van der Waals surface area (Å²) in [6, 6.07) is 13.8. The maximum Gasteiger partial charge on any atom is 0.247 e. The van der Waals surface area contributed by atoms with Gasteiger partial charge in [-0.25, -0.2) is 4.98 Å². The molecule has 7 heteroatoms. The SMILES string of the molecule is Cc1c2c3cc(NC(=O)[C@@H]4CCCN4C(=N)N)ccc3nc-2n(C)c2ccccc12. The third-order valence-electron chi connectivity index (χ3n) is 6.21. The van der Waals surface area contributed by atoms with Crippen molar-refractivity contribution in [2.75, 3.05) is 11.9 Å². The van der Waals surface area contributed by atoms with Gasteiger partial charge in [-0.2, -0.15) is 0 Å². The second kappa shape index (κ2) is 6.73. The smallest absolute Gasteiger partial charge is 0.247 e. The first-order valence-electron chi connectivity index (χ1n) is 10.1. The molecule has 7 nitrogen and oxygen atoms in total. The van der Waals surface area contributed by atoms with Gasteiger partial charge in [0.2, 0.25) is 5.91 Å². The molecule has 0 aliphatic carbocycles. The van der Waals surface area contributed by atoms with E-state index in [0.29, 0.717) is 13.0 Å². The van der Waals surface area contributed by atoms with Gasteiger partial charge in [0.1, 0.15) is 11.9 Å². The van der Waals surface area contributed by atoms with Gasteiger partial charge in [-0.15, -0.1) is 0 Å². The predicted molar refractivity (Wildman–Crippen MR) is 120 cm³/mol. The van der Waals surface area contributed by atoms with Crippen LogP contribution in [-0.4, -0.2) is 38.9 Å². The number of aromatic nitrogens is 2. The molecule has 0 radical (unpaired) electrons. The zero-order valence-corrected chi connectivity index (χ0v) is 17.1. The number of carbonyl (C=O) groups excluding carboxylic acids is 1. The van der Waals surface area contributed by atoms with Crippen molar-refractivity contribution >= 4 is 39.4 Å². The van der Waals surface area contributed by atoms with Crippen LogP contribution in [0.2, 0.25) is 0 Å². The maximum atomic E-state index is 12.8. The van der Waals surface area contributed by atoms with Crippen LogP contribution in [0, 0.1) is 12.3 Å². The van der Waals surface area contributed by atoms with Crippen molar-refractivity contribution in [1.29, 1.82) is 5.41 Å². The van der Waals surface area contributed by atoms with E-state index in [4.69, 9.17) is 16.1 Å². The summed E-state index contributed by atoms with van der Waals surface area (Å²) in [5.74, 6) is 0.756. The molecule has 152 valence electrons. The molecular weight excluding hydrogens is 376 g/mol. The van der Waals surface area contributed by atoms with E-state index in [1.807, 2.05) is 37.4 Å². The number of rotatable bonds is 2. The third kappa shape index (κ3) is 2.69. The van der Waals surface area contributed by atoms with Crippen LogP contribution in [0.25, 0.3) is 33.2 Å². The van der Waals surface area contributed by atoms with Crippen molar-refractivity contribution in [2.24, 2.45) is 12.8 Å². The van der Waals surface area contributed by atoms with E-state index in [9.17, 15) is 4.79 Å². The van der Waals surface area contributed by atoms with Crippen LogP contribution in [0.1, 0.15) is 18.4 Å². The van der Waals surface area contributed by atoms with E-state index < -0.39 is 6.04 Å². The highest BCUT2D eigenvalue weighted by Gasteiger charge is 2.31. The summed E-state index contributed by atoms with van der Waals surface area (Å²) >= 11 is 0. The average molecular weight is 400 g/mol. The van der Waals surface area contributed by atoms with Gasteiger partial charge in [0, 0.05) is 41.1 Å². The minimum atomic E-state index is -0.392. The molecule has 2 aromatic rings. The third-order valence-corrected chi connectivity index (χ3v) is 6.21. The molecule has 2 aromatic carbocycles. The number of fused-ring (bicyclic) bond motifs is 4. The normalized spacial score (nSPS) is 16.6. The van der Waals surface area contributed by atoms with Crippen LogP contribution in [0.4, 0.5) is 5.69 Å². The lowest BCUT2D eigenvalue weighted by atomic mass is 10.00. The Bertz CT molecular complexity index is 1290. The van der Waals surface area contributed by atoms with Gasteiger partial charge in [0.05, 0.1) is 5.52 Å². The number of nitrogens with zero attached hydrogens (tertiary/aromatic N) is 3. The Morgan fingerprint density at radius 3 is 2.83 bits per heavy atom. The summed E-state index contributed by atoms with van der Waals surface area (Å²) in [4.78, 5) is 19.4. The van der Waals surface area contributed by atoms with Crippen molar-refractivity contribution < 1.29 is 4.79 Å². The van der Waals surface area contributed by atoms with Crippen molar-refractivity contribution in [3.63, 3.8) is 0 Å². The van der Waals surface area contributed by atoms with E-state index >= 15 is 0 Å². The molecule has 1 saturated heterocycles. The van der Waals surface area contributed by atoms with Crippen LogP contribution in [0.15, 0.2) is 42.5 Å². The number of amides is 1. The monoisotopic (exact) mass is 400 g/mol. The largest absolute Gasteiger partial charge is 0.370 e. The van der Waals surface area contributed by atoms with Crippen LogP contribution in [0.5, 0.6) is 0 Å². The van der Waals surface area contributed by atoms with Gasteiger partial charge in [-0.1, -0.05) is 18.2 Å². The molecule has 1 amide bonds. The van der Waals surface area contributed by atoms with Gasteiger partial charge in [-0.3, -0.25) is 10.2 Å². The number of pyridine rings is 1. The average Bonchev–Trinajstić information content (AvgIpc) is 3.37. The second-order valence-electron chi connectivity index (χ2n) is 7.97. The zero-order chi connectivity index (χ0) is 21.0. The van der Waals surface area contributed by atoms with Gasteiger partial charge in [-0.05, 0) is 49.6 Å². The number of para-hydroxylation sites is 1. The lowest BCUT2D eigenvalue weighted by Gasteiger charge is -2.23. The predicted octanol–water partition coefficient (Wildman–Crippen LogP) is 3.44. The Labute approximate surface area is 174 Å². The first kappa shape index (κ1) is 18.4. The number of anilines is 1. The number of hydrogen-bond donors (Lipinski definition) is 3. The molecule has 5 rings (SSSR count). The molecule has 30 heavy (non-hydrogen) atoms. The zero-order valence-electron chi connectivity index (χ0n) is 17.1. The van der Waals surface area contributed by atoms with Crippen molar-refractivity contribution in [2.45, 2.75) is 25.8 Å². The van der Waals surface area contributed by atoms with E-state index in [0.717, 1.165) is 39.9 Å². The molecule has 4 N–H and O–H groups in total. The molecule has 3 heterocycles. The molecule has 1 atom stereocenters. The quantitative estimate of drug-likeness (QED) is 0.354.